The van der Waals surface area contributed by atoms with Crippen LogP contribution in [0.5, 0.6) is 0 Å². The number of rotatable bonds is 4. The minimum atomic E-state index is -2.65. The highest BCUT2D eigenvalue weighted by Crippen LogP contribution is 2.45. The number of alkyl halides is 2. The summed E-state index contributed by atoms with van der Waals surface area (Å²) in [5.41, 5.74) is 0.184. The van der Waals surface area contributed by atoms with Crippen LogP contribution in [-0.2, 0) is 5.92 Å². The van der Waals surface area contributed by atoms with Crippen LogP contribution in [0.4, 0.5) is 8.78 Å². The molecular weight excluding hydrogens is 230 g/mol. The fourth-order valence-electron chi connectivity index (χ4n) is 3.12. The van der Waals surface area contributed by atoms with E-state index in [1.807, 2.05) is 0 Å². The van der Waals surface area contributed by atoms with Gasteiger partial charge < -0.3 is 0 Å². The Morgan fingerprint density at radius 3 is 2.22 bits per heavy atom. The van der Waals surface area contributed by atoms with Crippen LogP contribution in [0.25, 0.3) is 0 Å². The number of benzene rings is 1. The van der Waals surface area contributed by atoms with Crippen molar-refractivity contribution in [2.75, 3.05) is 0 Å². The van der Waals surface area contributed by atoms with Crippen LogP contribution in [0.15, 0.2) is 30.3 Å². The Morgan fingerprint density at radius 1 is 1.06 bits per heavy atom. The van der Waals surface area contributed by atoms with Crippen molar-refractivity contribution >= 4 is 0 Å². The summed E-state index contributed by atoms with van der Waals surface area (Å²) in [7, 11) is 0. The summed E-state index contributed by atoms with van der Waals surface area (Å²) >= 11 is 0. The first-order valence-corrected chi connectivity index (χ1v) is 7.08. The van der Waals surface area contributed by atoms with Gasteiger partial charge in [0.25, 0.3) is 5.92 Å². The highest BCUT2D eigenvalue weighted by Gasteiger charge is 2.42. The van der Waals surface area contributed by atoms with E-state index < -0.39 is 11.8 Å². The molecule has 1 aromatic rings. The average Bonchev–Trinajstić information content (AvgIpc) is 2.41. The van der Waals surface area contributed by atoms with Gasteiger partial charge in [0.1, 0.15) is 0 Å². The van der Waals surface area contributed by atoms with E-state index in [1.165, 1.54) is 12.8 Å². The van der Waals surface area contributed by atoms with Crippen molar-refractivity contribution in [1.29, 1.82) is 0 Å². The van der Waals surface area contributed by atoms with E-state index in [2.05, 4.69) is 6.92 Å². The molecule has 2 rings (SSSR count). The van der Waals surface area contributed by atoms with Gasteiger partial charge in [-0.1, -0.05) is 50.1 Å². The standard InChI is InChI=1S/C16H22F2/c1-2-6-13-9-11-15(12-10-13)16(17,18)14-7-4-3-5-8-14/h3-5,7-8,13,15H,2,6,9-12H2,1H3. The van der Waals surface area contributed by atoms with Crippen molar-refractivity contribution in [1.82, 2.24) is 0 Å². The van der Waals surface area contributed by atoms with Crippen LogP contribution in [0.2, 0.25) is 0 Å². The van der Waals surface area contributed by atoms with Crippen LogP contribution in [0.3, 0.4) is 0 Å². The van der Waals surface area contributed by atoms with Gasteiger partial charge in [0.05, 0.1) is 0 Å². The molecule has 0 spiro atoms. The van der Waals surface area contributed by atoms with E-state index in [9.17, 15) is 8.78 Å². The van der Waals surface area contributed by atoms with Crippen LogP contribution in [-0.4, -0.2) is 0 Å². The zero-order valence-corrected chi connectivity index (χ0v) is 11.0. The van der Waals surface area contributed by atoms with Crippen molar-refractivity contribution < 1.29 is 8.78 Å². The highest BCUT2D eigenvalue weighted by molar-refractivity contribution is 5.21. The molecule has 0 saturated heterocycles. The van der Waals surface area contributed by atoms with E-state index in [-0.39, 0.29) is 5.56 Å². The number of hydrogen-bond acceptors (Lipinski definition) is 0. The summed E-state index contributed by atoms with van der Waals surface area (Å²) < 4.78 is 28.7. The second kappa shape index (κ2) is 5.81. The second-order valence-electron chi connectivity index (χ2n) is 5.50. The molecule has 18 heavy (non-hydrogen) atoms. The van der Waals surface area contributed by atoms with Crippen molar-refractivity contribution in [3.05, 3.63) is 35.9 Å². The summed E-state index contributed by atoms with van der Waals surface area (Å²) in [6.07, 6.45) is 5.66. The van der Waals surface area contributed by atoms with Gasteiger partial charge in [-0.05, 0) is 31.6 Å². The van der Waals surface area contributed by atoms with Crippen LogP contribution in [0, 0.1) is 11.8 Å². The van der Waals surface area contributed by atoms with Gasteiger partial charge in [-0.15, -0.1) is 0 Å². The van der Waals surface area contributed by atoms with Gasteiger partial charge >= 0.3 is 0 Å². The topological polar surface area (TPSA) is 0 Å². The van der Waals surface area contributed by atoms with Crippen molar-refractivity contribution in [2.45, 2.75) is 51.4 Å². The molecule has 2 heteroatoms. The van der Waals surface area contributed by atoms with Gasteiger partial charge in [0.15, 0.2) is 0 Å². The maximum atomic E-state index is 14.4. The third kappa shape index (κ3) is 2.90. The minimum absolute atomic E-state index is 0.184. The molecule has 1 aromatic carbocycles. The normalized spacial score (nSPS) is 25.1. The quantitative estimate of drug-likeness (QED) is 0.674. The molecular formula is C16H22F2. The van der Waals surface area contributed by atoms with Crippen molar-refractivity contribution in [3.63, 3.8) is 0 Å². The molecule has 100 valence electrons. The lowest BCUT2D eigenvalue weighted by molar-refractivity contribution is -0.0823. The molecule has 0 nitrogen and oxygen atoms in total. The molecule has 0 aromatic heterocycles. The number of halogens is 2. The van der Waals surface area contributed by atoms with E-state index >= 15 is 0 Å². The summed E-state index contributed by atoms with van der Waals surface area (Å²) in [5, 5.41) is 0. The van der Waals surface area contributed by atoms with Crippen LogP contribution in [0.1, 0.15) is 51.0 Å². The SMILES string of the molecule is CCCC1CCC(C(F)(F)c2ccccc2)CC1. The maximum absolute atomic E-state index is 14.4. The zero-order chi connectivity index (χ0) is 13.0. The predicted molar refractivity (Wildman–Crippen MR) is 70.7 cm³/mol. The summed E-state index contributed by atoms with van der Waals surface area (Å²) in [6, 6.07) is 8.30. The summed E-state index contributed by atoms with van der Waals surface area (Å²) in [6.45, 7) is 2.17. The molecule has 0 atom stereocenters. The molecule has 1 fully saturated rings. The molecule has 0 unspecified atom stereocenters. The Bertz CT molecular complexity index is 351. The molecule has 1 aliphatic carbocycles. The van der Waals surface area contributed by atoms with Gasteiger partial charge in [-0.25, -0.2) is 8.78 Å². The van der Waals surface area contributed by atoms with Crippen LogP contribution < -0.4 is 0 Å². The van der Waals surface area contributed by atoms with Crippen molar-refractivity contribution in [3.8, 4) is 0 Å². The molecule has 0 N–H and O–H groups in total. The van der Waals surface area contributed by atoms with Gasteiger partial charge in [-0.3, -0.25) is 0 Å². The van der Waals surface area contributed by atoms with Crippen molar-refractivity contribution in [2.24, 2.45) is 11.8 Å². The Kier molecular flexibility index (Phi) is 4.36. The predicted octanol–water partition coefficient (Wildman–Crippen LogP) is 5.38. The lowest BCUT2D eigenvalue weighted by Gasteiger charge is -2.33. The van der Waals surface area contributed by atoms with Gasteiger partial charge in [-0.2, -0.15) is 0 Å². The third-order valence-electron chi connectivity index (χ3n) is 4.22. The van der Waals surface area contributed by atoms with Crippen LogP contribution >= 0.6 is 0 Å². The fraction of sp³-hybridized carbons (Fsp3) is 0.625. The smallest absolute Gasteiger partial charge is 0.201 e. The van der Waals surface area contributed by atoms with E-state index in [4.69, 9.17) is 0 Å². The fourth-order valence-corrected chi connectivity index (χ4v) is 3.12. The Morgan fingerprint density at radius 2 is 1.67 bits per heavy atom. The second-order valence-corrected chi connectivity index (χ2v) is 5.50. The lowest BCUT2D eigenvalue weighted by atomic mass is 9.76. The first-order chi connectivity index (χ1) is 8.64. The van der Waals surface area contributed by atoms with E-state index in [0.717, 1.165) is 12.8 Å². The minimum Gasteiger partial charge on any atom is -0.201 e. The van der Waals surface area contributed by atoms with Gasteiger partial charge in [0, 0.05) is 11.5 Å². The molecule has 0 heterocycles. The Labute approximate surface area is 108 Å². The Balaban J connectivity index is 2.00. The summed E-state index contributed by atoms with van der Waals surface area (Å²) in [4.78, 5) is 0. The first-order valence-electron chi connectivity index (χ1n) is 7.08. The maximum Gasteiger partial charge on any atom is 0.276 e. The zero-order valence-electron chi connectivity index (χ0n) is 11.0. The average molecular weight is 252 g/mol. The monoisotopic (exact) mass is 252 g/mol. The van der Waals surface area contributed by atoms with E-state index in [1.54, 1.807) is 30.3 Å². The van der Waals surface area contributed by atoms with Gasteiger partial charge in [0.2, 0.25) is 0 Å². The van der Waals surface area contributed by atoms with E-state index in [0.29, 0.717) is 18.8 Å². The summed E-state index contributed by atoms with van der Waals surface area (Å²) in [5.74, 6) is -2.44. The first kappa shape index (κ1) is 13.5. The molecule has 0 amide bonds. The molecule has 0 radical (unpaired) electrons. The molecule has 1 aliphatic rings. The Hall–Kier alpha value is -0.920. The largest absolute Gasteiger partial charge is 0.276 e. The third-order valence-corrected chi connectivity index (χ3v) is 4.22. The number of hydrogen-bond donors (Lipinski definition) is 0. The molecule has 1 saturated carbocycles. The molecule has 0 bridgehead atoms. The lowest BCUT2D eigenvalue weighted by Crippen LogP contribution is -2.29. The highest BCUT2D eigenvalue weighted by atomic mass is 19.3. The molecule has 0 aliphatic heterocycles.